The van der Waals surface area contributed by atoms with Gasteiger partial charge in [0, 0.05) is 26.2 Å². The molecule has 0 spiro atoms. The molecule has 0 bridgehead atoms. The van der Waals surface area contributed by atoms with Crippen LogP contribution in [0.25, 0.3) is 0 Å². The summed E-state index contributed by atoms with van der Waals surface area (Å²) in [5.74, 6) is 0. The van der Waals surface area contributed by atoms with Crippen molar-refractivity contribution >= 4 is 117 Å². The van der Waals surface area contributed by atoms with Crippen LogP contribution in [0.5, 0.6) is 0 Å². The molecule has 0 atom stereocenters. The van der Waals surface area contributed by atoms with Gasteiger partial charge in [0.2, 0.25) is 0 Å². The van der Waals surface area contributed by atoms with E-state index in [0.717, 1.165) is 0 Å². The van der Waals surface area contributed by atoms with Crippen LogP contribution in [0.2, 0.25) is 0 Å². The summed E-state index contributed by atoms with van der Waals surface area (Å²) >= 11 is 0. The van der Waals surface area contributed by atoms with Gasteiger partial charge in [-0.25, -0.2) is 0 Å². The van der Waals surface area contributed by atoms with Gasteiger partial charge >= 0.3 is 0 Å². The molecule has 0 amide bonds. The molecule has 0 nitrogen and oxygen atoms in total. The average molecular weight is 413 g/mol. The Bertz CT molecular complexity index is 9.22. The van der Waals surface area contributed by atoms with E-state index in [1.54, 1.807) is 0 Å². The molecule has 0 unspecified atom stereocenters. The Morgan fingerprint density at radius 1 is 0.300 bits per heavy atom. The second-order valence-electron chi connectivity index (χ2n) is 0. The minimum absolute atomic E-state index is 0. The van der Waals surface area contributed by atoms with Gasteiger partial charge in [-0.3, -0.25) is 0 Å². The molecule has 10 heavy (non-hydrogen) atoms. The molecule has 0 aliphatic carbocycles. The Balaban J connectivity index is 0. The molecule has 0 saturated heterocycles. The molecule has 0 aromatic carbocycles. The fourth-order valence-corrected chi connectivity index (χ4v) is 0. The zero-order valence-corrected chi connectivity index (χ0v) is 12.8. The van der Waals surface area contributed by atoms with Crippen molar-refractivity contribution in [2.24, 2.45) is 0 Å². The third-order valence-electron chi connectivity index (χ3n) is 0. The predicted octanol–water partition coefficient (Wildman–Crippen LogP) is 2.19. The summed E-state index contributed by atoms with van der Waals surface area (Å²) in [6.07, 6.45) is 0. The molecular formula is H11AlCl8Zr. The molecule has 0 aromatic heterocycles. The van der Waals surface area contributed by atoms with Crippen LogP contribution in [-0.4, -0.2) is 17.4 Å². The molecule has 74 valence electrons. The molecule has 0 radical (unpaired) electrons. The SMILES string of the molecule is Cl.Cl.Cl.Cl.Cl.Cl.Cl.Cl.[AlH3].[Zr]. The normalized spacial score (nSPS) is 0. The van der Waals surface area contributed by atoms with Gasteiger partial charge < -0.3 is 0 Å². The first-order valence-corrected chi connectivity index (χ1v) is 0. The van der Waals surface area contributed by atoms with Gasteiger partial charge in [-0.15, -0.1) is 99.3 Å². The van der Waals surface area contributed by atoms with Crippen LogP contribution in [0.15, 0.2) is 0 Å². The Kier molecular flexibility index (Phi) is 2010. The van der Waals surface area contributed by atoms with E-state index in [9.17, 15) is 0 Å². The molecule has 0 saturated carbocycles. The van der Waals surface area contributed by atoms with Crippen molar-refractivity contribution in [1.29, 1.82) is 0 Å². The first-order chi connectivity index (χ1) is 0. The molecule has 0 aliphatic rings. The molecule has 0 fully saturated rings. The maximum absolute atomic E-state index is 0. The van der Waals surface area contributed by atoms with E-state index in [1.807, 2.05) is 0 Å². The van der Waals surface area contributed by atoms with Gasteiger partial charge in [0.25, 0.3) is 0 Å². The van der Waals surface area contributed by atoms with Crippen LogP contribution in [0.1, 0.15) is 0 Å². The smallest absolute Gasteiger partial charge is 0.147 e. The summed E-state index contributed by atoms with van der Waals surface area (Å²) in [6.45, 7) is 0. The Labute approximate surface area is 141 Å². The van der Waals surface area contributed by atoms with E-state index in [0.29, 0.717) is 0 Å². The van der Waals surface area contributed by atoms with E-state index in [-0.39, 0.29) is 143 Å². The molecule has 0 aliphatic heterocycles. The van der Waals surface area contributed by atoms with E-state index >= 15 is 0 Å². The molecule has 0 aromatic rings. The van der Waals surface area contributed by atoms with Crippen molar-refractivity contribution in [2.45, 2.75) is 0 Å². The van der Waals surface area contributed by atoms with Crippen molar-refractivity contribution in [3.05, 3.63) is 0 Å². The maximum atomic E-state index is 0. The van der Waals surface area contributed by atoms with Crippen LogP contribution in [0, 0.1) is 0 Å². The van der Waals surface area contributed by atoms with Crippen molar-refractivity contribution in [1.82, 2.24) is 0 Å². The fourth-order valence-electron chi connectivity index (χ4n) is 0. The predicted molar refractivity (Wildman–Crippen MR) is 67.9 cm³/mol. The van der Waals surface area contributed by atoms with Gasteiger partial charge in [-0.05, 0) is 0 Å². The quantitative estimate of drug-likeness (QED) is 0.535. The first-order valence-electron chi connectivity index (χ1n) is 0. The largest absolute Gasteiger partial charge is 0.187 e. The monoisotopic (exact) mass is 408 g/mol. The third-order valence-corrected chi connectivity index (χ3v) is 0. The van der Waals surface area contributed by atoms with E-state index in [1.165, 1.54) is 0 Å². The summed E-state index contributed by atoms with van der Waals surface area (Å²) in [5.41, 5.74) is 0. The molecule has 0 rings (SSSR count). The molecule has 0 N–H and O–H groups in total. The van der Waals surface area contributed by atoms with Crippen LogP contribution in [0.4, 0.5) is 0 Å². The van der Waals surface area contributed by atoms with Gasteiger partial charge in [0.15, 0.2) is 17.4 Å². The topological polar surface area (TPSA) is 0 Å². The van der Waals surface area contributed by atoms with Gasteiger partial charge in [0.05, 0.1) is 0 Å². The van der Waals surface area contributed by atoms with E-state index < -0.39 is 0 Å². The van der Waals surface area contributed by atoms with Crippen molar-refractivity contribution in [2.75, 3.05) is 0 Å². The maximum Gasteiger partial charge on any atom is 0.187 e. The summed E-state index contributed by atoms with van der Waals surface area (Å²) in [4.78, 5) is 0. The fraction of sp³-hybridized carbons (Fsp3) is 0. The first kappa shape index (κ1) is 160. The minimum Gasteiger partial charge on any atom is -0.147 e. The van der Waals surface area contributed by atoms with Crippen LogP contribution >= 0.6 is 99.3 Å². The molecular weight excluding hydrogens is 402 g/mol. The Morgan fingerprint density at radius 2 is 0.300 bits per heavy atom. The Morgan fingerprint density at radius 3 is 0.300 bits per heavy atom. The number of hydrogen-bond donors (Lipinski definition) is 0. The van der Waals surface area contributed by atoms with Crippen LogP contribution in [0.3, 0.4) is 0 Å². The standard InChI is InChI=1S/Al.8ClH.Zr.3H/h;8*1H;;;;. The van der Waals surface area contributed by atoms with Crippen molar-refractivity contribution in [3.8, 4) is 0 Å². The number of rotatable bonds is 0. The molecule has 10 heteroatoms. The third kappa shape index (κ3) is 96.9. The van der Waals surface area contributed by atoms with E-state index in [4.69, 9.17) is 0 Å². The minimum atomic E-state index is 0. The zero-order chi connectivity index (χ0) is 0. The van der Waals surface area contributed by atoms with Gasteiger partial charge in [0.1, 0.15) is 0 Å². The second-order valence-corrected chi connectivity index (χ2v) is 0. The average Bonchev–Trinajstić information content (AvgIpc) is 0. The summed E-state index contributed by atoms with van der Waals surface area (Å²) in [6, 6.07) is 0. The second kappa shape index (κ2) is 126. The van der Waals surface area contributed by atoms with Gasteiger partial charge in [-0.2, -0.15) is 0 Å². The van der Waals surface area contributed by atoms with Crippen molar-refractivity contribution in [3.63, 3.8) is 0 Å². The number of hydrogen-bond acceptors (Lipinski definition) is 0. The van der Waals surface area contributed by atoms with E-state index in [2.05, 4.69) is 0 Å². The van der Waals surface area contributed by atoms with Crippen LogP contribution < -0.4 is 0 Å². The summed E-state index contributed by atoms with van der Waals surface area (Å²) < 4.78 is 0. The summed E-state index contributed by atoms with van der Waals surface area (Å²) in [7, 11) is 0. The number of halogens is 8. The van der Waals surface area contributed by atoms with Crippen molar-refractivity contribution < 1.29 is 26.2 Å². The zero-order valence-electron chi connectivity index (χ0n) is 3.77. The summed E-state index contributed by atoms with van der Waals surface area (Å²) in [5, 5.41) is 0. The van der Waals surface area contributed by atoms with Gasteiger partial charge in [-0.1, -0.05) is 0 Å². The molecule has 0 heterocycles. The van der Waals surface area contributed by atoms with Crippen LogP contribution in [-0.2, 0) is 26.2 Å². The Hall–Kier alpha value is 3.74.